The predicted molar refractivity (Wildman–Crippen MR) is 156 cm³/mol. The fourth-order valence-corrected chi connectivity index (χ4v) is 3.61. The van der Waals surface area contributed by atoms with Crippen molar-refractivity contribution in [3.63, 3.8) is 0 Å². The minimum absolute atomic E-state index is 0. The molecule has 3 heterocycles. The molecule has 1 aliphatic rings. The van der Waals surface area contributed by atoms with Crippen LogP contribution in [0.15, 0.2) is 72.8 Å². The maximum Gasteiger partial charge on any atom is 2.00 e. The van der Waals surface area contributed by atoms with Crippen molar-refractivity contribution in [3.05, 3.63) is 84.2 Å². The topological polar surface area (TPSA) is 218 Å². The molecule has 2 aromatic carbocycles. The van der Waals surface area contributed by atoms with Gasteiger partial charge in [0.1, 0.15) is 0 Å². The molecule has 228 valence electrons. The molecule has 0 atom stereocenters. The Morgan fingerprint density at radius 1 is 0.636 bits per heavy atom. The molecule has 2 aromatic heterocycles. The summed E-state index contributed by atoms with van der Waals surface area (Å²) < 4.78 is 2.25. The molecule has 0 spiro atoms. The summed E-state index contributed by atoms with van der Waals surface area (Å²) in [6, 6.07) is 21.0. The molecule has 0 saturated carbocycles. The molecule has 0 bridgehead atoms. The van der Waals surface area contributed by atoms with Gasteiger partial charge in [-0.2, -0.15) is 0 Å². The Morgan fingerprint density at radius 2 is 0.977 bits per heavy atom. The predicted octanol–water partition coefficient (Wildman–Crippen LogP) is 0.00180. The first kappa shape index (κ1) is 39.2. The molecule has 4 N–H and O–H groups in total. The van der Waals surface area contributed by atoms with E-state index in [1.54, 1.807) is 24.3 Å². The monoisotopic (exact) mass is 653 g/mol. The van der Waals surface area contributed by atoms with Crippen molar-refractivity contribution in [1.82, 2.24) is 9.97 Å². The molecule has 13 heteroatoms. The zero-order valence-electron chi connectivity index (χ0n) is 25.0. The van der Waals surface area contributed by atoms with Gasteiger partial charge in [-0.05, 0) is 50.5 Å². The van der Waals surface area contributed by atoms with E-state index < -0.39 is 17.9 Å². The van der Waals surface area contributed by atoms with E-state index in [0.29, 0.717) is 11.0 Å². The molecule has 44 heavy (non-hydrogen) atoms. The van der Waals surface area contributed by atoms with Gasteiger partial charge in [0.05, 0.1) is 47.4 Å². The van der Waals surface area contributed by atoms with Crippen molar-refractivity contribution < 1.29 is 58.6 Å². The third-order valence-corrected chi connectivity index (χ3v) is 5.47. The van der Waals surface area contributed by atoms with Gasteiger partial charge in [0.15, 0.2) is 0 Å². The second kappa shape index (κ2) is 21.0. The minimum atomic E-state index is -1.24. The van der Waals surface area contributed by atoms with Crippen LogP contribution in [-0.2, 0) is 29.1 Å². The van der Waals surface area contributed by atoms with Gasteiger partial charge >= 0.3 is 19.5 Å². The smallest absolute Gasteiger partial charge is 0.550 e. The summed E-state index contributed by atoms with van der Waals surface area (Å²) in [7, 11) is 0. The molecule has 0 unspecified atom stereocenters. The van der Waals surface area contributed by atoms with E-state index in [2.05, 4.69) is 20.3 Å². The first-order valence-corrected chi connectivity index (χ1v) is 13.2. The molecule has 0 aliphatic carbocycles. The number of nitrogens with zero attached hydrogens (tertiary/aromatic N) is 3. The number of fused-ring (bicyclic) bond motifs is 2. The number of primary amides is 1. The summed E-state index contributed by atoms with van der Waals surface area (Å²) in [5.41, 5.74) is 11.4. The van der Waals surface area contributed by atoms with Crippen molar-refractivity contribution >= 4 is 51.5 Å². The fourth-order valence-electron chi connectivity index (χ4n) is 3.61. The van der Waals surface area contributed by atoms with Crippen LogP contribution in [0.2, 0.25) is 0 Å². The summed E-state index contributed by atoms with van der Waals surface area (Å²) in [5.74, 6) is -2.92. The molecule has 1 saturated heterocycles. The Kier molecular flexibility index (Phi) is 18.7. The number of aromatic carboxylic acids is 2. The average molecular weight is 655 g/mol. The maximum absolute atomic E-state index is 10.5. The number of nitrogens with two attached hydrogens (primary N) is 2. The summed E-state index contributed by atoms with van der Waals surface area (Å²) in [5, 5.41) is 31.7. The van der Waals surface area contributed by atoms with Crippen LogP contribution in [0.25, 0.3) is 21.8 Å². The standard InChI is InChI=1S/2C10H7NO2.C7H14N2.C2H5NO.C2H4O2.Zn/c2*12-10(13)9-6-5-7-3-1-2-4-8(7)11-9;1-7(8)9-5-3-2-4-6-9;2*1-2(3)4;/h2*1-6H,(H,12,13);8H,2-6H2,1H3;1H3,(H2,3,4);1H3,(H,3,4);/q;;;;;+2/p-2. The maximum atomic E-state index is 10.5. The van der Waals surface area contributed by atoms with Crippen LogP contribution in [0.5, 0.6) is 0 Å². The first-order chi connectivity index (χ1) is 20.3. The van der Waals surface area contributed by atoms with Crippen molar-refractivity contribution in [2.45, 2.75) is 40.0 Å². The number of hydrogen-bond acceptors (Lipinski definition) is 9. The molecule has 1 fully saturated rings. The summed E-state index contributed by atoms with van der Waals surface area (Å²) in [4.78, 5) is 46.9. The van der Waals surface area contributed by atoms with Crippen LogP contribution >= 0.6 is 0 Å². The quantitative estimate of drug-likeness (QED) is 0.167. The Balaban J connectivity index is 0.000000563. The van der Waals surface area contributed by atoms with Crippen LogP contribution in [0.1, 0.15) is 61.0 Å². The van der Waals surface area contributed by atoms with Crippen LogP contribution < -0.4 is 26.8 Å². The molecule has 12 nitrogen and oxygen atoms in total. The van der Waals surface area contributed by atoms with Gasteiger partial charge in [-0.1, -0.05) is 48.5 Å². The second-order valence-corrected chi connectivity index (χ2v) is 9.14. The number of carbonyl (C=O) groups excluding carboxylic acids is 4. The molecule has 1 amide bonds. The summed E-state index contributed by atoms with van der Waals surface area (Å²) in [6.45, 7) is 6.59. The van der Waals surface area contributed by atoms with E-state index in [-0.39, 0.29) is 36.8 Å². The molecule has 0 radical (unpaired) electrons. The fraction of sp³-hybridized carbons (Fsp3) is 0.258. The van der Waals surface area contributed by atoms with Crippen LogP contribution in [0, 0.1) is 0 Å². The number of carboxylic acids is 3. The van der Waals surface area contributed by atoms with Crippen molar-refractivity contribution in [2.24, 2.45) is 11.5 Å². The minimum Gasteiger partial charge on any atom is -0.550 e. The number of piperidine rings is 1. The van der Waals surface area contributed by atoms with Gasteiger partial charge in [0.2, 0.25) is 11.7 Å². The number of rotatable bonds is 2. The van der Waals surface area contributed by atoms with Gasteiger partial charge < -0.3 is 35.4 Å². The number of amides is 1. The van der Waals surface area contributed by atoms with Gasteiger partial charge in [-0.15, -0.1) is 0 Å². The summed E-state index contributed by atoms with van der Waals surface area (Å²) in [6.07, 6.45) is 4.01. The van der Waals surface area contributed by atoms with E-state index in [1.807, 2.05) is 43.3 Å². The largest absolute Gasteiger partial charge is 2.00 e. The molecule has 5 rings (SSSR count). The molecule has 1 aliphatic heterocycles. The number of amidine groups is 1. The average Bonchev–Trinajstić information content (AvgIpc) is 2.97. The third kappa shape index (κ3) is 16.0. The number of aromatic nitrogens is 2. The zero-order chi connectivity index (χ0) is 32.4. The molecule has 4 aromatic rings. The van der Waals surface area contributed by atoms with E-state index >= 15 is 0 Å². The van der Waals surface area contributed by atoms with E-state index in [0.717, 1.165) is 23.5 Å². The van der Waals surface area contributed by atoms with Gasteiger partial charge in [0, 0.05) is 30.6 Å². The number of carboxylic acid groups (broad SMARTS) is 3. The number of benzene rings is 2. The number of pyridine rings is 2. The van der Waals surface area contributed by atoms with Crippen LogP contribution in [-0.4, -0.2) is 57.3 Å². The number of carbonyl (C=O) groups is 4. The normalized spacial score (nSPS) is 11.2. The Morgan fingerprint density at radius 3 is 1.27 bits per heavy atom. The van der Waals surface area contributed by atoms with Crippen molar-refractivity contribution in [1.29, 1.82) is 0 Å². The number of para-hydroxylation sites is 2. The Labute approximate surface area is 268 Å². The summed E-state index contributed by atoms with van der Waals surface area (Å²) >= 11 is 0. The van der Waals surface area contributed by atoms with Crippen LogP contribution in [0.4, 0.5) is 0 Å². The zero-order valence-corrected chi connectivity index (χ0v) is 28.0. The Hall–Kier alpha value is -4.77. The van der Waals surface area contributed by atoms with Crippen molar-refractivity contribution in [2.75, 3.05) is 13.1 Å². The number of hydrogen-bond donors (Lipinski definition) is 2. The Bertz CT molecular complexity index is 1460. The van der Waals surface area contributed by atoms with Crippen molar-refractivity contribution in [3.8, 4) is 0 Å². The third-order valence-electron chi connectivity index (χ3n) is 5.47. The second-order valence-electron chi connectivity index (χ2n) is 9.14. The number of aliphatic carboxylic acids is 1. The van der Waals surface area contributed by atoms with Gasteiger partial charge in [0.25, 0.3) is 0 Å². The SMILES string of the molecule is CC(=O)[O-].CC(N)=O.CC(N)=[N+]1CCCCC1.O=C([O-])c1ccc2ccccc2n1.O=C([O-])c1ccc2ccccc2n1.[Zn+2]. The molecular weight excluding hydrogens is 620 g/mol. The van der Waals surface area contributed by atoms with E-state index in [4.69, 9.17) is 15.6 Å². The van der Waals surface area contributed by atoms with E-state index in [9.17, 15) is 24.6 Å². The van der Waals surface area contributed by atoms with Gasteiger partial charge in [-0.25, -0.2) is 9.97 Å². The first-order valence-electron chi connectivity index (χ1n) is 13.2. The van der Waals surface area contributed by atoms with E-state index in [1.165, 1.54) is 51.4 Å². The van der Waals surface area contributed by atoms with Gasteiger partial charge in [-0.3, -0.25) is 15.1 Å². The molecular formula is C31H35N5O7Zn. The van der Waals surface area contributed by atoms with Crippen LogP contribution in [0.3, 0.4) is 0 Å².